The Kier molecular flexibility index (Phi) is 6.43. The summed E-state index contributed by atoms with van der Waals surface area (Å²) in [5, 5.41) is 21.2. The number of nitrogens with one attached hydrogen (secondary N) is 4. The molecule has 1 spiro atoms. The number of carbonyl (C=O) groups excluding carboxylic acids is 2. The molecule has 1 unspecified atom stereocenters. The van der Waals surface area contributed by atoms with Gasteiger partial charge in [0, 0.05) is 40.3 Å². The topological polar surface area (TPSA) is 168 Å². The Bertz CT molecular complexity index is 2480. The van der Waals surface area contributed by atoms with Crippen LogP contribution < -0.4 is 20.7 Å². The molecule has 0 aliphatic carbocycles. The van der Waals surface area contributed by atoms with Crippen LogP contribution in [0.25, 0.3) is 44.9 Å². The van der Waals surface area contributed by atoms with E-state index >= 15 is 0 Å². The lowest BCUT2D eigenvalue weighted by Crippen LogP contribution is -2.52. The minimum absolute atomic E-state index is 0.169. The molecular weight excluding hydrogens is 660 g/mol. The smallest absolute Gasteiger partial charge is 0.249 e. The molecule has 3 aromatic carbocycles. The standard InChI is InChI=1S/C40H36N6O6/c1-17(2)31-38-46-32-34(52-38)40-23-10-9-20(21-6-5-7-25-30(21)22(15-41-25)29-16-42-37(32)50-29)14-26(23)44-39(40)51-28-11-8-19(12-24(28)40)13-27(35(48)45-31)43-36(49)33(47)18(3)4/h5-12,14-18,27,31,33,39,41,44,47H,13H2,1-4H3,(H,43,49)(H,45,48)/t27-,31-,33-,39?,40-/m0/s1. The molecule has 0 radical (unpaired) electrons. The van der Waals surface area contributed by atoms with E-state index in [1.165, 1.54) is 0 Å². The van der Waals surface area contributed by atoms with Gasteiger partial charge in [0.1, 0.15) is 29.4 Å². The molecule has 5 N–H and O–H groups in total. The number of aliphatic hydroxyl groups excluding tert-OH is 1. The Balaban J connectivity index is 1.26. The Morgan fingerprint density at radius 3 is 2.71 bits per heavy atom. The van der Waals surface area contributed by atoms with Gasteiger partial charge < -0.3 is 39.6 Å². The fourth-order valence-corrected chi connectivity index (χ4v) is 8.36. The SMILES string of the molecule is CC(C)[C@H](O)C(=O)N[C@H]1Cc2ccc3c(c2)[C@]24c5ccc(cc5NC2O3)-c2cccc3[nH]cc(c23)-c2cnc(o2)-c2nc(oc24)[C@H](C(C)C)NC1=O. The van der Waals surface area contributed by atoms with Crippen LogP contribution in [0.3, 0.4) is 0 Å². The third kappa shape index (κ3) is 4.18. The summed E-state index contributed by atoms with van der Waals surface area (Å²) >= 11 is 0. The van der Waals surface area contributed by atoms with Gasteiger partial charge in [-0.1, -0.05) is 64.1 Å². The highest BCUT2D eigenvalue weighted by molar-refractivity contribution is 6.05. The number of aliphatic hydroxyl groups is 1. The van der Waals surface area contributed by atoms with Crippen LogP contribution in [0.2, 0.25) is 0 Å². The van der Waals surface area contributed by atoms with Gasteiger partial charge in [0.2, 0.25) is 23.6 Å². The molecular formula is C40H36N6O6. The second kappa shape index (κ2) is 10.8. The van der Waals surface area contributed by atoms with E-state index in [1.807, 2.05) is 50.4 Å². The van der Waals surface area contributed by atoms with Crippen molar-refractivity contribution in [2.75, 3.05) is 5.32 Å². The summed E-state index contributed by atoms with van der Waals surface area (Å²) in [4.78, 5) is 40.6. The second-order valence-electron chi connectivity index (χ2n) is 14.9. The molecule has 5 aliphatic rings. The van der Waals surface area contributed by atoms with Crippen LogP contribution in [0.1, 0.15) is 62.1 Å². The maximum Gasteiger partial charge on any atom is 0.249 e. The molecule has 3 aromatic heterocycles. The molecule has 6 aromatic rings. The lowest BCUT2D eigenvalue weighted by molar-refractivity contribution is -0.135. The van der Waals surface area contributed by atoms with Crippen LogP contribution >= 0.6 is 0 Å². The highest BCUT2D eigenvalue weighted by Crippen LogP contribution is 2.60. The molecule has 10 bridgehead atoms. The molecule has 5 aliphatic heterocycles. The zero-order valence-corrected chi connectivity index (χ0v) is 28.9. The summed E-state index contributed by atoms with van der Waals surface area (Å²) in [6.45, 7) is 7.44. The molecule has 8 heterocycles. The fourth-order valence-electron chi connectivity index (χ4n) is 8.36. The number of aromatic amines is 1. The number of benzene rings is 3. The number of anilines is 1. The first kappa shape index (κ1) is 30.9. The number of hydrogen-bond donors (Lipinski definition) is 5. The lowest BCUT2D eigenvalue weighted by atomic mass is 9.72. The summed E-state index contributed by atoms with van der Waals surface area (Å²) in [5.41, 5.74) is 6.67. The van der Waals surface area contributed by atoms with Crippen LogP contribution in [0, 0.1) is 11.8 Å². The maximum absolute atomic E-state index is 14.1. The van der Waals surface area contributed by atoms with Gasteiger partial charge in [-0.15, -0.1) is 0 Å². The first-order valence-electron chi connectivity index (χ1n) is 17.7. The average molecular weight is 697 g/mol. The van der Waals surface area contributed by atoms with Crippen LogP contribution in [0.15, 0.2) is 75.8 Å². The number of aromatic nitrogens is 3. The third-order valence-corrected chi connectivity index (χ3v) is 11.0. The maximum atomic E-state index is 14.1. The molecule has 262 valence electrons. The van der Waals surface area contributed by atoms with Gasteiger partial charge in [-0.2, -0.15) is 0 Å². The van der Waals surface area contributed by atoms with Crippen molar-refractivity contribution in [1.29, 1.82) is 0 Å². The van der Waals surface area contributed by atoms with Crippen LogP contribution in [0.4, 0.5) is 5.69 Å². The van der Waals surface area contributed by atoms with E-state index in [1.54, 1.807) is 20.0 Å². The van der Waals surface area contributed by atoms with Gasteiger partial charge in [-0.05, 0) is 52.3 Å². The monoisotopic (exact) mass is 696 g/mol. The molecule has 5 atom stereocenters. The predicted octanol–water partition coefficient (Wildman–Crippen LogP) is 5.81. The van der Waals surface area contributed by atoms with E-state index in [0.29, 0.717) is 23.0 Å². The van der Waals surface area contributed by atoms with Gasteiger partial charge >= 0.3 is 0 Å². The van der Waals surface area contributed by atoms with E-state index < -0.39 is 41.6 Å². The highest BCUT2D eigenvalue weighted by Gasteiger charge is 2.61. The van der Waals surface area contributed by atoms with Crippen molar-refractivity contribution in [3.63, 3.8) is 0 Å². The second-order valence-corrected chi connectivity index (χ2v) is 14.9. The number of H-pyrrole nitrogens is 1. The summed E-state index contributed by atoms with van der Waals surface area (Å²) < 4.78 is 20.3. The van der Waals surface area contributed by atoms with Crippen molar-refractivity contribution >= 4 is 28.4 Å². The van der Waals surface area contributed by atoms with E-state index in [-0.39, 0.29) is 30.0 Å². The van der Waals surface area contributed by atoms with Gasteiger partial charge in [0.05, 0.1) is 6.20 Å². The van der Waals surface area contributed by atoms with Gasteiger partial charge in [-0.25, -0.2) is 9.97 Å². The number of rotatable bonds is 4. The fraction of sp³-hybridized carbons (Fsp3) is 0.300. The first-order valence-corrected chi connectivity index (χ1v) is 17.7. The number of amides is 2. The predicted molar refractivity (Wildman–Crippen MR) is 191 cm³/mol. The van der Waals surface area contributed by atoms with Gasteiger partial charge in [0.25, 0.3) is 0 Å². The van der Waals surface area contributed by atoms with Crippen LogP contribution in [-0.2, 0) is 21.4 Å². The zero-order chi connectivity index (χ0) is 35.6. The number of oxazole rings is 2. The van der Waals surface area contributed by atoms with Gasteiger partial charge in [-0.3, -0.25) is 9.59 Å². The minimum Gasteiger partial charge on any atom is -0.469 e. The number of fused-ring (bicyclic) bond motifs is 3. The van der Waals surface area contributed by atoms with Crippen molar-refractivity contribution in [2.45, 2.75) is 63.9 Å². The average Bonchev–Trinajstić information content (AvgIpc) is 3.95. The molecule has 0 saturated heterocycles. The van der Waals surface area contributed by atoms with E-state index in [4.69, 9.17) is 23.5 Å². The quantitative estimate of drug-likeness (QED) is 0.153. The summed E-state index contributed by atoms with van der Waals surface area (Å²) in [7, 11) is 0. The van der Waals surface area contributed by atoms with E-state index in [2.05, 4.69) is 45.2 Å². The van der Waals surface area contributed by atoms with Crippen molar-refractivity contribution in [3.8, 4) is 39.8 Å². The molecule has 12 nitrogen and oxygen atoms in total. The van der Waals surface area contributed by atoms with E-state index in [0.717, 1.165) is 50.0 Å². The van der Waals surface area contributed by atoms with E-state index in [9.17, 15) is 14.7 Å². The molecule has 52 heavy (non-hydrogen) atoms. The van der Waals surface area contributed by atoms with Crippen LogP contribution in [0.5, 0.6) is 5.75 Å². The molecule has 11 rings (SSSR count). The number of carbonyl (C=O) groups is 2. The Labute approximate surface area is 298 Å². The summed E-state index contributed by atoms with van der Waals surface area (Å²) in [5.74, 6) is 0.695. The summed E-state index contributed by atoms with van der Waals surface area (Å²) in [6, 6.07) is 16.7. The summed E-state index contributed by atoms with van der Waals surface area (Å²) in [6.07, 6.45) is 1.92. The van der Waals surface area contributed by atoms with Crippen molar-refractivity contribution in [1.82, 2.24) is 25.6 Å². The van der Waals surface area contributed by atoms with Crippen molar-refractivity contribution in [2.24, 2.45) is 11.8 Å². The minimum atomic E-state index is -1.28. The Morgan fingerprint density at radius 2 is 1.88 bits per heavy atom. The molecule has 0 saturated carbocycles. The number of hydrogen-bond acceptors (Lipinski definition) is 9. The largest absolute Gasteiger partial charge is 0.469 e. The lowest BCUT2D eigenvalue weighted by Gasteiger charge is -2.29. The number of ether oxygens (including phenoxy) is 1. The van der Waals surface area contributed by atoms with Gasteiger partial charge in [0.15, 0.2) is 23.4 Å². The van der Waals surface area contributed by atoms with Crippen molar-refractivity contribution < 1.29 is 28.3 Å². The normalized spacial score (nSPS) is 22.6. The highest BCUT2D eigenvalue weighted by atomic mass is 16.5. The third-order valence-electron chi connectivity index (χ3n) is 11.0. The van der Waals surface area contributed by atoms with Crippen LogP contribution in [-0.4, -0.2) is 50.2 Å². The number of nitrogens with zero attached hydrogens (tertiary/aromatic N) is 2. The Morgan fingerprint density at radius 1 is 1.02 bits per heavy atom. The Hall–Kier alpha value is -5.88. The van der Waals surface area contributed by atoms with Crippen molar-refractivity contribution in [3.05, 3.63) is 95.3 Å². The first-order chi connectivity index (χ1) is 25.1. The molecule has 12 heteroatoms. The zero-order valence-electron chi connectivity index (χ0n) is 28.9. The molecule has 0 fully saturated rings. The molecule has 2 amide bonds.